The second kappa shape index (κ2) is 12.9. The summed E-state index contributed by atoms with van der Waals surface area (Å²) < 4.78 is 1.62. The zero-order chi connectivity index (χ0) is 22.1. The zero-order valence-corrected chi connectivity index (χ0v) is 21.0. The molecule has 0 fully saturated rings. The van der Waals surface area contributed by atoms with E-state index in [-0.39, 0.29) is 24.0 Å². The van der Waals surface area contributed by atoms with Gasteiger partial charge in [0, 0.05) is 18.1 Å². The first kappa shape index (κ1) is 25.5. The summed E-state index contributed by atoms with van der Waals surface area (Å²) in [5.41, 5.74) is 9.19. The number of nitrogens with two attached hydrogens (primary N) is 1. The van der Waals surface area contributed by atoms with Gasteiger partial charge in [-0.25, -0.2) is 9.67 Å². The van der Waals surface area contributed by atoms with Crippen LogP contribution in [0.5, 0.6) is 0 Å². The lowest BCUT2D eigenvalue weighted by Gasteiger charge is -2.11. The molecule has 0 unspecified atom stereocenters. The maximum atomic E-state index is 9.53. The number of nitrogen functional groups attached to an aromatic ring is 1. The lowest BCUT2D eigenvalue weighted by molar-refractivity contribution is 0.723. The first-order valence-electron chi connectivity index (χ1n) is 10.2. The molecule has 0 saturated heterocycles. The number of hydrogen-bond donors (Lipinski definition) is 3. The number of nitrogens with one attached hydrogen (secondary N) is 2. The van der Waals surface area contributed by atoms with E-state index in [1.165, 1.54) is 0 Å². The molecule has 0 spiro atoms. The highest BCUT2D eigenvalue weighted by molar-refractivity contribution is 14.0. The monoisotopic (exact) mass is 563 g/mol. The van der Waals surface area contributed by atoms with Crippen LogP contribution in [0.3, 0.4) is 0 Å². The van der Waals surface area contributed by atoms with Crippen LogP contribution >= 0.6 is 35.6 Å². The highest BCUT2D eigenvalue weighted by atomic mass is 127. The van der Waals surface area contributed by atoms with Gasteiger partial charge in [-0.1, -0.05) is 41.9 Å². The summed E-state index contributed by atoms with van der Waals surface area (Å²) in [6.07, 6.45) is 1.41. The Morgan fingerprint density at radius 2 is 1.97 bits per heavy atom. The molecule has 1 aromatic heterocycles. The molecule has 0 aliphatic carbocycles. The number of aromatic nitrogens is 2. The van der Waals surface area contributed by atoms with Gasteiger partial charge in [0.25, 0.3) is 0 Å². The zero-order valence-electron chi connectivity index (χ0n) is 17.9. The van der Waals surface area contributed by atoms with Crippen LogP contribution in [0.4, 0.5) is 5.82 Å². The molecule has 0 saturated carbocycles. The minimum absolute atomic E-state index is 0. The van der Waals surface area contributed by atoms with Crippen molar-refractivity contribution in [2.45, 2.75) is 26.3 Å². The van der Waals surface area contributed by atoms with E-state index in [2.05, 4.69) is 26.8 Å². The van der Waals surface area contributed by atoms with Crippen LogP contribution < -0.4 is 16.4 Å². The number of benzene rings is 2. The molecule has 32 heavy (non-hydrogen) atoms. The third-order valence-electron chi connectivity index (χ3n) is 4.64. The molecule has 0 radical (unpaired) electrons. The number of nitrogens with zero attached hydrogens (tertiary/aromatic N) is 4. The van der Waals surface area contributed by atoms with Crippen molar-refractivity contribution in [2.75, 3.05) is 18.8 Å². The van der Waals surface area contributed by atoms with Crippen molar-refractivity contribution in [2.24, 2.45) is 4.99 Å². The fourth-order valence-electron chi connectivity index (χ4n) is 3.15. The first-order chi connectivity index (χ1) is 15.1. The van der Waals surface area contributed by atoms with Crippen LogP contribution in [0.25, 0.3) is 5.69 Å². The molecule has 7 nitrogen and oxygen atoms in total. The standard InChI is InChI=1S/C23H26ClN7.HI/c1-2-27-23(29-16-17-8-6-9-18(24)14-17)28-13-7-12-21-20(15-25)22(26)31(30-21)19-10-4-3-5-11-19;/h3-6,8-11,14H,2,7,12-13,16,26H2,1H3,(H2,27,28,29);1H. The quantitative estimate of drug-likeness (QED) is 0.164. The molecule has 0 bridgehead atoms. The van der Waals surface area contributed by atoms with Gasteiger partial charge in [-0.05, 0) is 49.6 Å². The summed E-state index contributed by atoms with van der Waals surface area (Å²) in [4.78, 5) is 4.60. The Labute approximate surface area is 210 Å². The van der Waals surface area contributed by atoms with Crippen molar-refractivity contribution in [1.82, 2.24) is 20.4 Å². The molecule has 0 atom stereocenters. The number of para-hydroxylation sites is 1. The Kier molecular flexibility index (Phi) is 10.3. The van der Waals surface area contributed by atoms with E-state index in [1.54, 1.807) is 4.68 Å². The van der Waals surface area contributed by atoms with Crippen molar-refractivity contribution in [3.63, 3.8) is 0 Å². The van der Waals surface area contributed by atoms with Crippen LogP contribution in [-0.4, -0.2) is 28.8 Å². The molecule has 9 heteroatoms. The van der Waals surface area contributed by atoms with Gasteiger partial charge in [0.1, 0.15) is 17.5 Å². The summed E-state index contributed by atoms with van der Waals surface area (Å²) >= 11 is 6.04. The van der Waals surface area contributed by atoms with Crippen molar-refractivity contribution in [3.8, 4) is 11.8 Å². The molecule has 3 rings (SSSR count). The van der Waals surface area contributed by atoms with Crippen LogP contribution in [0, 0.1) is 11.3 Å². The molecule has 1 heterocycles. The molecule has 3 aromatic rings. The molecule has 168 valence electrons. The van der Waals surface area contributed by atoms with Crippen molar-refractivity contribution in [3.05, 3.63) is 76.4 Å². The van der Waals surface area contributed by atoms with Gasteiger partial charge >= 0.3 is 0 Å². The third-order valence-corrected chi connectivity index (χ3v) is 4.88. The maximum Gasteiger partial charge on any atom is 0.191 e. The van der Waals surface area contributed by atoms with Crippen molar-refractivity contribution >= 4 is 47.4 Å². The number of aliphatic imine (C=N–C) groups is 1. The Balaban J connectivity index is 0.00000363. The van der Waals surface area contributed by atoms with E-state index >= 15 is 0 Å². The maximum absolute atomic E-state index is 9.53. The summed E-state index contributed by atoms with van der Waals surface area (Å²) in [5.74, 6) is 1.10. The van der Waals surface area contributed by atoms with Crippen LogP contribution in [0.1, 0.15) is 30.2 Å². The van der Waals surface area contributed by atoms with Gasteiger partial charge in [0.2, 0.25) is 0 Å². The van der Waals surface area contributed by atoms with Gasteiger partial charge in [-0.2, -0.15) is 10.4 Å². The average molecular weight is 564 g/mol. The van der Waals surface area contributed by atoms with E-state index in [0.29, 0.717) is 41.6 Å². The number of hydrogen-bond acceptors (Lipinski definition) is 4. The van der Waals surface area contributed by atoms with Crippen molar-refractivity contribution < 1.29 is 0 Å². The van der Waals surface area contributed by atoms with Gasteiger partial charge in [0.15, 0.2) is 5.96 Å². The second-order valence-corrected chi connectivity index (χ2v) is 7.36. The molecule has 2 aromatic carbocycles. The largest absolute Gasteiger partial charge is 0.382 e. The van der Waals surface area contributed by atoms with Gasteiger partial charge < -0.3 is 16.4 Å². The topological polar surface area (TPSA) is 104 Å². The minimum atomic E-state index is 0. The van der Waals surface area contributed by atoms with E-state index in [4.69, 9.17) is 17.3 Å². The molecule has 0 aliphatic rings. The smallest absolute Gasteiger partial charge is 0.191 e. The fourth-order valence-corrected chi connectivity index (χ4v) is 3.36. The number of anilines is 1. The van der Waals surface area contributed by atoms with E-state index in [9.17, 15) is 5.26 Å². The van der Waals surface area contributed by atoms with E-state index < -0.39 is 0 Å². The van der Waals surface area contributed by atoms with Crippen LogP contribution in [-0.2, 0) is 13.0 Å². The SMILES string of the molecule is CCNC(=NCc1cccc(Cl)c1)NCCCc1nn(-c2ccccc2)c(N)c1C#N.I. The van der Waals surface area contributed by atoms with Crippen LogP contribution in [0.15, 0.2) is 59.6 Å². The Morgan fingerprint density at radius 3 is 2.66 bits per heavy atom. The fraction of sp³-hybridized carbons (Fsp3) is 0.261. The lowest BCUT2D eigenvalue weighted by atomic mass is 10.1. The molecular weight excluding hydrogens is 537 g/mol. The average Bonchev–Trinajstić information content (AvgIpc) is 3.10. The Hall–Kier alpha value is -2.77. The van der Waals surface area contributed by atoms with E-state index in [0.717, 1.165) is 30.2 Å². The predicted octanol–water partition coefficient (Wildman–Crippen LogP) is 4.29. The lowest BCUT2D eigenvalue weighted by Crippen LogP contribution is -2.37. The van der Waals surface area contributed by atoms with E-state index in [1.807, 2.05) is 61.5 Å². The number of guanidine groups is 1. The van der Waals surface area contributed by atoms with Gasteiger partial charge in [-0.3, -0.25) is 0 Å². The number of rotatable bonds is 8. The highest BCUT2D eigenvalue weighted by Gasteiger charge is 2.16. The molecule has 0 amide bonds. The van der Waals surface area contributed by atoms with Crippen LogP contribution in [0.2, 0.25) is 5.02 Å². The summed E-state index contributed by atoms with van der Waals surface area (Å²) in [6.45, 7) is 4.00. The van der Waals surface area contributed by atoms with Gasteiger partial charge in [-0.15, -0.1) is 24.0 Å². The normalized spacial score (nSPS) is 10.8. The Bertz CT molecular complexity index is 1070. The highest BCUT2D eigenvalue weighted by Crippen LogP contribution is 2.21. The molecule has 0 aliphatic heterocycles. The minimum Gasteiger partial charge on any atom is -0.382 e. The van der Waals surface area contributed by atoms with Crippen molar-refractivity contribution in [1.29, 1.82) is 5.26 Å². The third kappa shape index (κ3) is 6.87. The summed E-state index contributed by atoms with van der Waals surface area (Å²) in [5, 5.41) is 21.4. The first-order valence-corrected chi connectivity index (χ1v) is 10.6. The molecular formula is C23H27ClIN7. The Morgan fingerprint density at radius 1 is 1.19 bits per heavy atom. The predicted molar refractivity (Wildman–Crippen MR) is 141 cm³/mol. The second-order valence-electron chi connectivity index (χ2n) is 6.92. The number of aryl methyl sites for hydroxylation is 1. The summed E-state index contributed by atoms with van der Waals surface area (Å²) in [7, 11) is 0. The molecule has 4 N–H and O–H groups in total. The number of nitriles is 1. The number of halogens is 2. The van der Waals surface area contributed by atoms with Gasteiger partial charge in [0.05, 0.1) is 17.9 Å². The summed E-state index contributed by atoms with van der Waals surface area (Å²) in [6, 6.07) is 19.4.